The van der Waals surface area contributed by atoms with E-state index < -0.39 is 10.0 Å². The van der Waals surface area contributed by atoms with Crippen molar-refractivity contribution in [1.82, 2.24) is 9.62 Å². The van der Waals surface area contributed by atoms with E-state index in [0.29, 0.717) is 11.6 Å². The summed E-state index contributed by atoms with van der Waals surface area (Å²) in [5.41, 5.74) is -0.354. The number of benzene rings is 1. The van der Waals surface area contributed by atoms with E-state index in [2.05, 4.69) is 4.72 Å². The fraction of sp³-hybridized carbons (Fsp3) is 0.500. The van der Waals surface area contributed by atoms with Crippen LogP contribution in [0.3, 0.4) is 0 Å². The summed E-state index contributed by atoms with van der Waals surface area (Å²) in [7, 11) is -3.62. The minimum atomic E-state index is -3.62. The molecule has 5 nitrogen and oxygen atoms in total. The maximum absolute atomic E-state index is 12.1. The number of nitrogens with zero attached hydrogens (tertiary/aromatic N) is 1. The molecule has 1 N–H and O–H groups in total. The predicted octanol–water partition coefficient (Wildman–Crippen LogP) is 2.27. The van der Waals surface area contributed by atoms with E-state index in [1.54, 1.807) is 17.0 Å². The number of halogens is 1. The molecule has 0 bridgehead atoms. The summed E-state index contributed by atoms with van der Waals surface area (Å²) in [6.07, 6.45) is 0. The molecular weight excluding hydrogens is 312 g/mol. The van der Waals surface area contributed by atoms with Gasteiger partial charge in [0.25, 0.3) is 0 Å². The van der Waals surface area contributed by atoms with E-state index >= 15 is 0 Å². The molecule has 118 valence electrons. The zero-order chi connectivity index (χ0) is 16.3. The van der Waals surface area contributed by atoms with E-state index in [0.717, 1.165) is 0 Å². The van der Waals surface area contributed by atoms with Crippen molar-refractivity contribution in [3.8, 4) is 0 Å². The largest absolute Gasteiger partial charge is 0.337 e. The smallest absolute Gasteiger partial charge is 0.240 e. The zero-order valence-electron chi connectivity index (χ0n) is 12.7. The number of amides is 1. The lowest BCUT2D eigenvalue weighted by Crippen LogP contribution is -2.48. The Morgan fingerprint density at radius 3 is 2.43 bits per heavy atom. The molecule has 0 heterocycles. The molecule has 1 aromatic carbocycles. The predicted molar refractivity (Wildman–Crippen MR) is 83.8 cm³/mol. The molecule has 1 aromatic rings. The molecule has 0 radical (unpaired) electrons. The van der Waals surface area contributed by atoms with Crippen LogP contribution in [0.15, 0.2) is 29.2 Å². The topological polar surface area (TPSA) is 66.5 Å². The van der Waals surface area contributed by atoms with Crippen LogP contribution in [0.5, 0.6) is 0 Å². The standard InChI is InChI=1S/C14H21ClN2O3S/c1-11(18)17(14(2,3)4)9-8-16-21(19,20)13-7-5-6-12(15)10-13/h5-7,10,16H,8-9H2,1-4H3. The lowest BCUT2D eigenvalue weighted by atomic mass is 10.1. The molecule has 1 amide bonds. The van der Waals surface area contributed by atoms with Crippen molar-refractivity contribution < 1.29 is 13.2 Å². The summed E-state index contributed by atoms with van der Waals surface area (Å²) in [5.74, 6) is -0.0931. The van der Waals surface area contributed by atoms with Crippen molar-refractivity contribution >= 4 is 27.5 Å². The fourth-order valence-corrected chi connectivity index (χ4v) is 3.30. The first-order valence-electron chi connectivity index (χ1n) is 6.57. The molecule has 0 spiro atoms. The van der Waals surface area contributed by atoms with Crippen LogP contribution >= 0.6 is 11.6 Å². The van der Waals surface area contributed by atoms with Gasteiger partial charge in [-0.25, -0.2) is 13.1 Å². The number of carbonyl (C=O) groups is 1. The van der Waals surface area contributed by atoms with E-state index in [4.69, 9.17) is 11.6 Å². The molecule has 21 heavy (non-hydrogen) atoms. The Morgan fingerprint density at radius 1 is 1.33 bits per heavy atom. The van der Waals surface area contributed by atoms with E-state index in [1.807, 2.05) is 20.8 Å². The molecule has 0 unspecified atom stereocenters. The third kappa shape index (κ3) is 5.30. The Morgan fingerprint density at radius 2 is 1.95 bits per heavy atom. The molecule has 0 atom stereocenters. The normalized spacial score (nSPS) is 12.2. The van der Waals surface area contributed by atoms with Crippen LogP contribution in [0.25, 0.3) is 0 Å². The summed E-state index contributed by atoms with van der Waals surface area (Å²) >= 11 is 5.79. The van der Waals surface area contributed by atoms with Crippen LogP contribution < -0.4 is 4.72 Å². The van der Waals surface area contributed by atoms with Crippen LogP contribution in [0, 0.1) is 0 Å². The highest BCUT2D eigenvalue weighted by Gasteiger charge is 2.24. The molecular formula is C14H21ClN2O3S. The quantitative estimate of drug-likeness (QED) is 0.899. The maximum atomic E-state index is 12.1. The van der Waals surface area contributed by atoms with E-state index in [9.17, 15) is 13.2 Å². The van der Waals surface area contributed by atoms with Crippen molar-refractivity contribution in [2.24, 2.45) is 0 Å². The molecule has 0 aliphatic heterocycles. The molecule has 0 aromatic heterocycles. The van der Waals surface area contributed by atoms with Gasteiger partial charge < -0.3 is 4.90 Å². The average molecular weight is 333 g/mol. The van der Waals surface area contributed by atoms with Gasteiger partial charge in [0.1, 0.15) is 0 Å². The van der Waals surface area contributed by atoms with Crippen molar-refractivity contribution in [3.63, 3.8) is 0 Å². The lowest BCUT2D eigenvalue weighted by Gasteiger charge is -2.35. The van der Waals surface area contributed by atoms with E-state index in [1.165, 1.54) is 19.1 Å². The second-order valence-electron chi connectivity index (χ2n) is 5.70. The second-order valence-corrected chi connectivity index (χ2v) is 7.90. The van der Waals surface area contributed by atoms with Gasteiger partial charge in [0.15, 0.2) is 0 Å². The summed E-state index contributed by atoms with van der Waals surface area (Å²) in [4.78, 5) is 13.3. The third-order valence-electron chi connectivity index (χ3n) is 2.92. The minimum Gasteiger partial charge on any atom is -0.337 e. The van der Waals surface area contributed by atoms with Gasteiger partial charge in [-0.2, -0.15) is 0 Å². The SMILES string of the molecule is CC(=O)N(CCNS(=O)(=O)c1cccc(Cl)c1)C(C)(C)C. The molecule has 0 fully saturated rings. The number of hydrogen-bond donors (Lipinski definition) is 1. The van der Waals surface area contributed by atoms with Crippen molar-refractivity contribution in [2.45, 2.75) is 38.1 Å². The van der Waals surface area contributed by atoms with Crippen LogP contribution in [-0.4, -0.2) is 37.9 Å². The molecule has 0 saturated carbocycles. The Hall–Kier alpha value is -1.11. The third-order valence-corrected chi connectivity index (χ3v) is 4.62. The second kappa shape index (κ2) is 6.77. The highest BCUT2D eigenvalue weighted by Crippen LogP contribution is 2.16. The maximum Gasteiger partial charge on any atom is 0.240 e. The monoisotopic (exact) mass is 332 g/mol. The number of hydrogen-bond acceptors (Lipinski definition) is 3. The fourth-order valence-electron chi connectivity index (χ4n) is 1.97. The van der Waals surface area contributed by atoms with Crippen molar-refractivity contribution in [2.75, 3.05) is 13.1 Å². The van der Waals surface area contributed by atoms with Gasteiger partial charge in [0.05, 0.1) is 4.90 Å². The highest BCUT2D eigenvalue weighted by molar-refractivity contribution is 7.89. The van der Waals surface area contributed by atoms with Gasteiger partial charge in [-0.05, 0) is 39.0 Å². The Labute approximate surface area is 131 Å². The van der Waals surface area contributed by atoms with Crippen LogP contribution in [0.1, 0.15) is 27.7 Å². The molecule has 0 saturated heterocycles. The van der Waals surface area contributed by atoms with Crippen LogP contribution in [-0.2, 0) is 14.8 Å². The molecule has 0 aliphatic carbocycles. The number of nitrogens with one attached hydrogen (secondary N) is 1. The van der Waals surface area contributed by atoms with Gasteiger partial charge in [-0.15, -0.1) is 0 Å². The number of rotatable bonds is 5. The Kier molecular flexibility index (Phi) is 5.78. The summed E-state index contributed by atoms with van der Waals surface area (Å²) < 4.78 is 26.7. The first-order valence-corrected chi connectivity index (χ1v) is 8.43. The van der Waals surface area contributed by atoms with Crippen LogP contribution in [0.4, 0.5) is 0 Å². The number of carbonyl (C=O) groups excluding carboxylic acids is 1. The molecule has 0 aliphatic rings. The molecule has 1 rings (SSSR count). The van der Waals surface area contributed by atoms with E-state index in [-0.39, 0.29) is 22.9 Å². The van der Waals surface area contributed by atoms with Gasteiger partial charge in [-0.1, -0.05) is 17.7 Å². The van der Waals surface area contributed by atoms with Gasteiger partial charge in [0, 0.05) is 30.6 Å². The Balaban J connectivity index is 2.72. The average Bonchev–Trinajstić information content (AvgIpc) is 2.32. The summed E-state index contributed by atoms with van der Waals surface area (Å²) in [5, 5.41) is 0.359. The first-order chi connectivity index (χ1) is 9.54. The van der Waals surface area contributed by atoms with Gasteiger partial charge in [-0.3, -0.25) is 4.79 Å². The van der Waals surface area contributed by atoms with Gasteiger partial charge >= 0.3 is 0 Å². The first kappa shape index (κ1) is 17.9. The zero-order valence-corrected chi connectivity index (χ0v) is 14.3. The molecule has 7 heteroatoms. The van der Waals surface area contributed by atoms with Crippen molar-refractivity contribution in [3.05, 3.63) is 29.3 Å². The number of sulfonamides is 1. The Bertz CT molecular complexity index is 609. The minimum absolute atomic E-state index is 0.0931. The van der Waals surface area contributed by atoms with Crippen molar-refractivity contribution in [1.29, 1.82) is 0 Å². The van der Waals surface area contributed by atoms with Crippen LogP contribution in [0.2, 0.25) is 5.02 Å². The van der Waals surface area contributed by atoms with Gasteiger partial charge in [0.2, 0.25) is 15.9 Å². The highest BCUT2D eigenvalue weighted by atomic mass is 35.5. The summed E-state index contributed by atoms with van der Waals surface area (Å²) in [6, 6.07) is 6.04. The lowest BCUT2D eigenvalue weighted by molar-refractivity contribution is -0.133. The summed E-state index contributed by atoms with van der Waals surface area (Å²) in [6.45, 7) is 7.63.